The smallest absolute Gasteiger partial charge is 0.144 e. The van der Waals surface area contributed by atoms with Gasteiger partial charge in [0.2, 0.25) is 0 Å². The van der Waals surface area contributed by atoms with Gasteiger partial charge in [0.25, 0.3) is 0 Å². The molecule has 0 bridgehead atoms. The molecule has 1 unspecified atom stereocenters. The third-order valence-electron chi connectivity index (χ3n) is 4.10. The highest BCUT2D eigenvalue weighted by Crippen LogP contribution is 2.23. The van der Waals surface area contributed by atoms with E-state index < -0.39 is 0 Å². The fourth-order valence-corrected chi connectivity index (χ4v) is 2.87. The molecule has 5 nitrogen and oxygen atoms in total. The van der Waals surface area contributed by atoms with E-state index in [0.29, 0.717) is 6.04 Å². The molecule has 21 heavy (non-hydrogen) atoms. The highest BCUT2D eigenvalue weighted by atomic mass is 16.5. The van der Waals surface area contributed by atoms with Crippen molar-refractivity contribution < 1.29 is 4.74 Å². The summed E-state index contributed by atoms with van der Waals surface area (Å²) in [6.45, 7) is 3.06. The molecule has 112 valence electrons. The van der Waals surface area contributed by atoms with E-state index in [0.717, 1.165) is 31.1 Å². The van der Waals surface area contributed by atoms with Crippen LogP contribution in [0, 0.1) is 0 Å². The molecule has 1 aliphatic rings. The summed E-state index contributed by atoms with van der Waals surface area (Å²) in [5, 5.41) is 7.88. The summed E-state index contributed by atoms with van der Waals surface area (Å²) in [6, 6.07) is 10.7. The molecule has 1 saturated heterocycles. The Labute approximate surface area is 125 Å². The second kappa shape index (κ2) is 6.28. The van der Waals surface area contributed by atoms with E-state index in [1.807, 2.05) is 35.1 Å². The zero-order valence-electron chi connectivity index (χ0n) is 12.6. The molecule has 0 saturated carbocycles. The Kier molecular flexibility index (Phi) is 4.22. The highest BCUT2D eigenvalue weighted by molar-refractivity contribution is 5.46. The van der Waals surface area contributed by atoms with Gasteiger partial charge in [-0.05, 0) is 38.2 Å². The predicted molar refractivity (Wildman–Crippen MR) is 82.9 cm³/mol. The summed E-state index contributed by atoms with van der Waals surface area (Å²) in [5.41, 5.74) is 2.16. The lowest BCUT2D eigenvalue weighted by molar-refractivity contribution is 0.244. The molecular formula is C16H22N4O. The van der Waals surface area contributed by atoms with Crippen LogP contribution in [0.15, 0.2) is 36.5 Å². The Hall–Kier alpha value is -1.85. The lowest BCUT2D eigenvalue weighted by Gasteiger charge is -2.23. The number of nitrogens with one attached hydrogen (secondary N) is 1. The van der Waals surface area contributed by atoms with Gasteiger partial charge in [-0.15, -0.1) is 0 Å². The maximum absolute atomic E-state index is 5.44. The van der Waals surface area contributed by atoms with Crippen molar-refractivity contribution >= 4 is 0 Å². The van der Waals surface area contributed by atoms with Gasteiger partial charge in [0.1, 0.15) is 11.4 Å². The fourth-order valence-electron chi connectivity index (χ4n) is 2.87. The van der Waals surface area contributed by atoms with E-state index in [2.05, 4.69) is 28.4 Å². The van der Waals surface area contributed by atoms with Gasteiger partial charge < -0.3 is 10.1 Å². The molecule has 1 aliphatic heterocycles. The summed E-state index contributed by atoms with van der Waals surface area (Å²) < 4.78 is 7.41. The third-order valence-corrected chi connectivity index (χ3v) is 4.10. The Morgan fingerprint density at radius 1 is 1.38 bits per heavy atom. The third kappa shape index (κ3) is 2.94. The summed E-state index contributed by atoms with van der Waals surface area (Å²) in [7, 11) is 3.87. The largest absolute Gasteiger partial charge is 0.494 e. The number of methoxy groups -OCH3 is 1. The van der Waals surface area contributed by atoms with Gasteiger partial charge in [-0.2, -0.15) is 5.10 Å². The first-order valence-electron chi connectivity index (χ1n) is 7.37. The number of aromatic nitrogens is 2. The van der Waals surface area contributed by atoms with Crippen LogP contribution < -0.4 is 10.1 Å². The minimum absolute atomic E-state index is 0.603. The van der Waals surface area contributed by atoms with E-state index >= 15 is 0 Å². The quantitative estimate of drug-likeness (QED) is 0.908. The molecule has 0 amide bonds. The summed E-state index contributed by atoms with van der Waals surface area (Å²) in [4.78, 5) is 2.39. The summed E-state index contributed by atoms with van der Waals surface area (Å²) in [6.07, 6.45) is 3.06. The Morgan fingerprint density at radius 2 is 2.24 bits per heavy atom. The number of nitrogens with zero attached hydrogens (tertiary/aromatic N) is 3. The van der Waals surface area contributed by atoms with Crippen molar-refractivity contribution in [2.45, 2.75) is 19.0 Å². The van der Waals surface area contributed by atoms with Crippen molar-refractivity contribution in [3.8, 4) is 11.4 Å². The molecule has 1 aromatic heterocycles. The molecule has 0 radical (unpaired) electrons. The molecule has 2 heterocycles. The van der Waals surface area contributed by atoms with E-state index in [-0.39, 0.29) is 0 Å². The van der Waals surface area contributed by atoms with Crippen LogP contribution in [0.2, 0.25) is 0 Å². The predicted octanol–water partition coefficient (Wildman–Crippen LogP) is 1.67. The van der Waals surface area contributed by atoms with Gasteiger partial charge >= 0.3 is 0 Å². The van der Waals surface area contributed by atoms with Gasteiger partial charge in [-0.25, -0.2) is 4.68 Å². The minimum atomic E-state index is 0.603. The minimum Gasteiger partial charge on any atom is -0.494 e. The van der Waals surface area contributed by atoms with Gasteiger partial charge in [0.15, 0.2) is 0 Å². The molecular weight excluding hydrogens is 264 g/mol. The standard InChI is InChI=1S/C16H22N4O/c1-19(13-7-9-17-11-13)12-14-8-10-18-20(14)15-5-3-4-6-16(15)21-2/h3-6,8,10,13,17H,7,9,11-12H2,1-2H3. The number of ether oxygens (including phenoxy) is 1. The van der Waals surface area contributed by atoms with Crippen LogP contribution >= 0.6 is 0 Å². The lowest BCUT2D eigenvalue weighted by atomic mass is 10.2. The monoisotopic (exact) mass is 286 g/mol. The van der Waals surface area contributed by atoms with E-state index in [4.69, 9.17) is 4.74 Å². The molecule has 1 fully saturated rings. The first kappa shape index (κ1) is 14.1. The molecule has 5 heteroatoms. The molecule has 0 spiro atoms. The van der Waals surface area contributed by atoms with Crippen molar-refractivity contribution in [2.75, 3.05) is 27.2 Å². The maximum Gasteiger partial charge on any atom is 0.144 e. The van der Waals surface area contributed by atoms with Crippen molar-refractivity contribution in [2.24, 2.45) is 0 Å². The number of likely N-dealkylation sites (N-methyl/N-ethyl adjacent to an activating group) is 1. The first-order chi connectivity index (χ1) is 10.3. The van der Waals surface area contributed by atoms with Crippen molar-refractivity contribution in [1.82, 2.24) is 20.0 Å². The van der Waals surface area contributed by atoms with E-state index in [9.17, 15) is 0 Å². The van der Waals surface area contributed by atoms with Crippen LogP contribution in [0.3, 0.4) is 0 Å². The van der Waals surface area contributed by atoms with Crippen LogP contribution in [-0.4, -0.2) is 48.0 Å². The molecule has 0 aliphatic carbocycles. The first-order valence-corrected chi connectivity index (χ1v) is 7.37. The lowest BCUT2D eigenvalue weighted by Crippen LogP contribution is -2.33. The zero-order valence-corrected chi connectivity index (χ0v) is 12.6. The molecule has 1 N–H and O–H groups in total. The number of para-hydroxylation sites is 2. The van der Waals surface area contributed by atoms with Crippen LogP contribution in [0.5, 0.6) is 5.75 Å². The molecule has 1 aromatic carbocycles. The van der Waals surface area contributed by atoms with Crippen LogP contribution in [0.25, 0.3) is 5.69 Å². The fraction of sp³-hybridized carbons (Fsp3) is 0.438. The second-order valence-electron chi connectivity index (χ2n) is 5.47. The van der Waals surface area contributed by atoms with Gasteiger partial charge in [0, 0.05) is 25.3 Å². The number of hydrogen-bond acceptors (Lipinski definition) is 4. The Balaban J connectivity index is 1.83. The average molecular weight is 286 g/mol. The highest BCUT2D eigenvalue weighted by Gasteiger charge is 2.20. The average Bonchev–Trinajstić information content (AvgIpc) is 3.18. The Bertz CT molecular complexity index is 589. The normalized spacial score (nSPS) is 18.3. The molecule has 2 aromatic rings. The summed E-state index contributed by atoms with van der Waals surface area (Å²) >= 11 is 0. The molecule has 3 rings (SSSR count). The van der Waals surface area contributed by atoms with Crippen LogP contribution in [0.4, 0.5) is 0 Å². The maximum atomic E-state index is 5.44. The zero-order chi connectivity index (χ0) is 14.7. The van der Waals surface area contributed by atoms with Gasteiger partial charge in [-0.3, -0.25) is 4.90 Å². The van der Waals surface area contributed by atoms with Gasteiger partial charge in [-0.1, -0.05) is 12.1 Å². The van der Waals surface area contributed by atoms with E-state index in [1.54, 1.807) is 7.11 Å². The van der Waals surface area contributed by atoms with Crippen molar-refractivity contribution in [1.29, 1.82) is 0 Å². The number of benzene rings is 1. The summed E-state index contributed by atoms with van der Waals surface area (Å²) in [5.74, 6) is 0.840. The van der Waals surface area contributed by atoms with Crippen molar-refractivity contribution in [3.05, 3.63) is 42.2 Å². The van der Waals surface area contributed by atoms with Crippen LogP contribution in [-0.2, 0) is 6.54 Å². The number of rotatable bonds is 5. The van der Waals surface area contributed by atoms with Gasteiger partial charge in [0.05, 0.1) is 12.8 Å². The molecule has 1 atom stereocenters. The number of hydrogen-bond donors (Lipinski definition) is 1. The Morgan fingerprint density at radius 3 is 3.00 bits per heavy atom. The SMILES string of the molecule is COc1ccccc1-n1nccc1CN(C)C1CCNC1. The van der Waals surface area contributed by atoms with Crippen molar-refractivity contribution in [3.63, 3.8) is 0 Å². The van der Waals surface area contributed by atoms with Crippen LogP contribution in [0.1, 0.15) is 12.1 Å². The second-order valence-corrected chi connectivity index (χ2v) is 5.47. The topological polar surface area (TPSA) is 42.3 Å². The van der Waals surface area contributed by atoms with E-state index in [1.165, 1.54) is 12.1 Å².